The summed E-state index contributed by atoms with van der Waals surface area (Å²) < 4.78 is 25.2. The molecule has 2 aromatic rings. The van der Waals surface area contributed by atoms with E-state index in [-0.39, 0.29) is 0 Å². The average molecular weight is 538 g/mol. The van der Waals surface area contributed by atoms with Crippen LogP contribution in [0.25, 0.3) is 0 Å². The summed E-state index contributed by atoms with van der Waals surface area (Å²) in [5.74, 6) is 0. The van der Waals surface area contributed by atoms with Crippen molar-refractivity contribution in [2.24, 2.45) is 0 Å². The molecule has 0 saturated heterocycles. The third kappa shape index (κ3) is 14.2. The summed E-state index contributed by atoms with van der Waals surface area (Å²) in [6.45, 7) is 0.645. The molecule has 0 radical (unpaired) electrons. The van der Waals surface area contributed by atoms with E-state index in [1.807, 2.05) is 60.7 Å². The molecule has 0 atom stereocenters. The maximum Gasteiger partial charge on any atom is 0.331 e. The number of unbranched alkanes of at least 4 members (excludes halogenated alkanes) is 11. The van der Waals surface area contributed by atoms with Crippen LogP contribution < -0.4 is 0 Å². The molecule has 33 heavy (non-hydrogen) atoms. The zero-order valence-corrected chi connectivity index (χ0v) is 22.6. The van der Waals surface area contributed by atoms with Gasteiger partial charge < -0.3 is 9.05 Å². The molecule has 0 bridgehead atoms. The largest absolute Gasteiger partial charge is 0.331 e. The molecule has 0 aromatic heterocycles. The number of halogens is 1. The number of hydrogen-bond acceptors (Lipinski definition) is 3. The van der Waals surface area contributed by atoms with Crippen molar-refractivity contribution in [1.29, 1.82) is 0 Å². The summed E-state index contributed by atoms with van der Waals surface area (Å²) in [5.41, 5.74) is 2.04. The topological polar surface area (TPSA) is 35.5 Å². The Hall–Kier alpha value is -0.930. The maximum atomic E-state index is 13.4. The van der Waals surface area contributed by atoms with Crippen molar-refractivity contribution in [3.05, 3.63) is 71.8 Å². The third-order valence-electron chi connectivity index (χ3n) is 5.86. The van der Waals surface area contributed by atoms with Gasteiger partial charge in [0.05, 0.1) is 19.4 Å². The number of benzene rings is 2. The molecule has 0 aliphatic carbocycles. The van der Waals surface area contributed by atoms with E-state index in [9.17, 15) is 4.57 Å². The highest BCUT2D eigenvalue weighted by atomic mass is 79.9. The van der Waals surface area contributed by atoms with E-state index < -0.39 is 7.60 Å². The van der Waals surface area contributed by atoms with Crippen LogP contribution in [-0.2, 0) is 26.8 Å². The summed E-state index contributed by atoms with van der Waals surface area (Å²) in [7, 11) is -3.14. The van der Waals surface area contributed by atoms with E-state index in [2.05, 4.69) is 15.9 Å². The zero-order valence-electron chi connectivity index (χ0n) is 20.1. The highest BCUT2D eigenvalue weighted by Gasteiger charge is 2.24. The molecule has 0 spiro atoms. The maximum absolute atomic E-state index is 13.4. The van der Waals surface area contributed by atoms with Crippen LogP contribution in [-0.4, -0.2) is 11.5 Å². The Morgan fingerprint density at radius 3 is 1.30 bits per heavy atom. The first-order valence-corrected chi connectivity index (χ1v) is 15.6. The summed E-state index contributed by atoms with van der Waals surface area (Å²) in [6, 6.07) is 19.8. The van der Waals surface area contributed by atoms with Crippen molar-refractivity contribution in [3.8, 4) is 0 Å². The minimum atomic E-state index is -3.14. The summed E-state index contributed by atoms with van der Waals surface area (Å²) in [5, 5.41) is 1.14. The second-order valence-corrected chi connectivity index (χ2v) is 11.8. The van der Waals surface area contributed by atoms with E-state index in [0.717, 1.165) is 29.3 Å². The van der Waals surface area contributed by atoms with E-state index in [1.165, 1.54) is 64.2 Å². The minimum absolute atomic E-state index is 0.322. The molecule has 2 rings (SSSR count). The van der Waals surface area contributed by atoms with Gasteiger partial charge >= 0.3 is 7.60 Å². The van der Waals surface area contributed by atoms with Crippen LogP contribution >= 0.6 is 23.5 Å². The molecule has 0 amide bonds. The minimum Gasteiger partial charge on any atom is -0.304 e. The van der Waals surface area contributed by atoms with Gasteiger partial charge in [0.2, 0.25) is 0 Å². The van der Waals surface area contributed by atoms with Crippen molar-refractivity contribution in [2.45, 2.75) is 90.3 Å². The normalized spacial score (nSPS) is 11.7. The molecule has 0 unspecified atom stereocenters. The Morgan fingerprint density at radius 1 is 0.545 bits per heavy atom. The zero-order chi connectivity index (χ0) is 23.5. The first kappa shape index (κ1) is 28.3. The second-order valence-electron chi connectivity index (χ2n) is 8.78. The standard InChI is InChI=1S/C28H42BrO3P/c29-23-17-9-7-5-3-1-2-4-6-8-10-18-24-33(30,31-25-27-19-13-11-14-20-27)32-26-28-21-15-12-16-22-28/h11-16,19-22H,1-10,17-18,23-26H2. The number of alkyl halides is 1. The van der Waals surface area contributed by atoms with E-state index >= 15 is 0 Å². The highest BCUT2D eigenvalue weighted by molar-refractivity contribution is 9.09. The first-order valence-electron chi connectivity index (χ1n) is 12.7. The van der Waals surface area contributed by atoms with Gasteiger partial charge in [-0.05, 0) is 24.0 Å². The van der Waals surface area contributed by atoms with Gasteiger partial charge in [0.15, 0.2) is 0 Å². The molecule has 2 aromatic carbocycles. The van der Waals surface area contributed by atoms with Crippen molar-refractivity contribution in [1.82, 2.24) is 0 Å². The molecule has 184 valence electrons. The lowest BCUT2D eigenvalue weighted by molar-refractivity contribution is 0.190. The second kappa shape index (κ2) is 18.4. The summed E-state index contributed by atoms with van der Waals surface area (Å²) in [4.78, 5) is 0. The van der Waals surface area contributed by atoms with Gasteiger partial charge in [-0.3, -0.25) is 4.57 Å². The van der Waals surface area contributed by atoms with Gasteiger partial charge in [0, 0.05) is 5.33 Å². The molecular formula is C28H42BrO3P. The molecule has 0 fully saturated rings. The van der Waals surface area contributed by atoms with Crippen molar-refractivity contribution < 1.29 is 13.6 Å². The van der Waals surface area contributed by atoms with Crippen LogP contribution in [0.2, 0.25) is 0 Å². The van der Waals surface area contributed by atoms with Crippen LogP contribution in [0, 0.1) is 0 Å². The Kier molecular flexibility index (Phi) is 15.8. The lowest BCUT2D eigenvalue weighted by Gasteiger charge is -2.19. The molecule has 0 aliphatic rings. The Morgan fingerprint density at radius 2 is 0.909 bits per heavy atom. The lowest BCUT2D eigenvalue weighted by atomic mass is 10.1. The van der Waals surface area contributed by atoms with Crippen LogP contribution in [0.5, 0.6) is 0 Å². The fourth-order valence-electron chi connectivity index (χ4n) is 3.83. The molecule has 0 aliphatic heterocycles. The molecule has 0 heterocycles. The number of hydrogen-bond donors (Lipinski definition) is 0. The summed E-state index contributed by atoms with van der Waals surface area (Å²) in [6.07, 6.45) is 15.7. The lowest BCUT2D eigenvalue weighted by Crippen LogP contribution is -2.02. The van der Waals surface area contributed by atoms with Crippen LogP contribution in [0.4, 0.5) is 0 Å². The molecule has 5 heteroatoms. The van der Waals surface area contributed by atoms with Crippen LogP contribution in [0.3, 0.4) is 0 Å². The SMILES string of the molecule is O=P(CCCCCCCCCCCCCCBr)(OCc1ccccc1)OCc1ccccc1. The monoisotopic (exact) mass is 536 g/mol. The van der Waals surface area contributed by atoms with Crippen molar-refractivity contribution in [2.75, 3.05) is 11.5 Å². The number of rotatable bonds is 20. The van der Waals surface area contributed by atoms with E-state index in [4.69, 9.17) is 9.05 Å². The molecule has 0 saturated carbocycles. The average Bonchev–Trinajstić information content (AvgIpc) is 2.86. The van der Waals surface area contributed by atoms with Gasteiger partial charge in [-0.2, -0.15) is 0 Å². The summed E-state index contributed by atoms with van der Waals surface area (Å²) >= 11 is 3.49. The van der Waals surface area contributed by atoms with E-state index in [0.29, 0.717) is 19.4 Å². The van der Waals surface area contributed by atoms with Gasteiger partial charge in [-0.15, -0.1) is 0 Å². The molecule has 3 nitrogen and oxygen atoms in total. The fraction of sp³-hybridized carbons (Fsp3) is 0.571. The van der Waals surface area contributed by atoms with Gasteiger partial charge in [0.25, 0.3) is 0 Å². The van der Waals surface area contributed by atoms with Gasteiger partial charge in [0.1, 0.15) is 0 Å². The smallest absolute Gasteiger partial charge is 0.304 e. The highest BCUT2D eigenvalue weighted by Crippen LogP contribution is 2.50. The Labute approximate surface area is 210 Å². The van der Waals surface area contributed by atoms with E-state index in [1.54, 1.807) is 0 Å². The van der Waals surface area contributed by atoms with Gasteiger partial charge in [-0.25, -0.2) is 0 Å². The Bertz CT molecular complexity index is 707. The van der Waals surface area contributed by atoms with Crippen molar-refractivity contribution >= 4 is 23.5 Å². The van der Waals surface area contributed by atoms with Crippen LogP contribution in [0.15, 0.2) is 60.7 Å². The quantitative estimate of drug-likeness (QED) is 0.0958. The molecule has 0 N–H and O–H groups in total. The fourth-order valence-corrected chi connectivity index (χ4v) is 5.86. The first-order chi connectivity index (χ1) is 16.2. The predicted molar refractivity (Wildman–Crippen MR) is 144 cm³/mol. The predicted octanol–water partition coefficient (Wildman–Crippen LogP) is 9.69. The third-order valence-corrected chi connectivity index (χ3v) is 8.33. The Balaban J connectivity index is 1.62. The van der Waals surface area contributed by atoms with Crippen molar-refractivity contribution in [3.63, 3.8) is 0 Å². The van der Waals surface area contributed by atoms with Crippen LogP contribution in [0.1, 0.15) is 88.2 Å². The molecular weight excluding hydrogens is 495 g/mol. The van der Waals surface area contributed by atoms with Gasteiger partial charge in [-0.1, -0.05) is 141 Å².